The van der Waals surface area contributed by atoms with Crippen molar-refractivity contribution in [2.24, 2.45) is 0 Å². The fraction of sp³-hybridized carbons (Fsp3) is 0.467. The van der Waals surface area contributed by atoms with E-state index in [9.17, 15) is 4.79 Å². The molecule has 0 spiro atoms. The lowest BCUT2D eigenvalue weighted by Crippen LogP contribution is -2.44. The van der Waals surface area contributed by atoms with E-state index < -0.39 is 0 Å². The van der Waals surface area contributed by atoms with Gasteiger partial charge in [-0.2, -0.15) is 11.8 Å². The quantitative estimate of drug-likeness (QED) is 0.851. The highest BCUT2D eigenvalue weighted by atomic mass is 35.5. The summed E-state index contributed by atoms with van der Waals surface area (Å²) in [7, 11) is 0. The van der Waals surface area contributed by atoms with Crippen LogP contribution < -0.4 is 5.56 Å². The molecule has 3 heterocycles. The normalized spacial score (nSPS) is 23.6. The van der Waals surface area contributed by atoms with Gasteiger partial charge in [0.15, 0.2) is 0 Å². The molecule has 1 saturated heterocycles. The Labute approximate surface area is 133 Å². The number of pyridine rings is 1. The van der Waals surface area contributed by atoms with Gasteiger partial charge in [-0.05, 0) is 19.1 Å². The monoisotopic (exact) mass is 323 g/mol. The second-order valence-corrected chi connectivity index (χ2v) is 7.37. The zero-order valence-corrected chi connectivity index (χ0v) is 13.7. The molecular formula is C15H18ClN3OS. The summed E-state index contributed by atoms with van der Waals surface area (Å²) < 4.78 is 1.49. The number of thioether (sulfide) groups is 1. The van der Waals surface area contributed by atoms with Crippen molar-refractivity contribution in [2.45, 2.75) is 31.7 Å². The Morgan fingerprint density at radius 1 is 1.43 bits per heavy atom. The Morgan fingerprint density at radius 2 is 2.24 bits per heavy atom. The molecule has 1 aliphatic rings. The Balaban J connectivity index is 1.91. The van der Waals surface area contributed by atoms with E-state index in [1.54, 1.807) is 24.4 Å². The SMILES string of the molecule is CC1SCCN(Cc2cc(=O)n3cc(Cl)ccc3n2)C1C. The second kappa shape index (κ2) is 5.99. The van der Waals surface area contributed by atoms with Crippen molar-refractivity contribution >= 4 is 29.0 Å². The molecular weight excluding hydrogens is 306 g/mol. The van der Waals surface area contributed by atoms with Crippen LogP contribution in [0.25, 0.3) is 5.65 Å². The number of aromatic nitrogens is 2. The molecule has 0 aromatic carbocycles. The molecule has 0 amide bonds. The van der Waals surface area contributed by atoms with Crippen molar-refractivity contribution in [2.75, 3.05) is 12.3 Å². The summed E-state index contributed by atoms with van der Waals surface area (Å²) in [4.78, 5) is 19.2. The first kappa shape index (κ1) is 14.9. The lowest BCUT2D eigenvalue weighted by molar-refractivity contribution is 0.202. The van der Waals surface area contributed by atoms with Gasteiger partial charge in [0.1, 0.15) is 5.65 Å². The number of nitrogens with zero attached hydrogens (tertiary/aromatic N) is 3. The summed E-state index contributed by atoms with van der Waals surface area (Å²) in [5, 5.41) is 1.15. The minimum absolute atomic E-state index is 0.0791. The van der Waals surface area contributed by atoms with Gasteiger partial charge >= 0.3 is 0 Å². The summed E-state index contributed by atoms with van der Waals surface area (Å²) in [5.74, 6) is 1.13. The number of fused-ring (bicyclic) bond motifs is 1. The van der Waals surface area contributed by atoms with Crippen molar-refractivity contribution in [1.82, 2.24) is 14.3 Å². The van der Waals surface area contributed by atoms with E-state index in [1.807, 2.05) is 11.8 Å². The van der Waals surface area contributed by atoms with Crippen molar-refractivity contribution in [3.63, 3.8) is 0 Å². The predicted octanol–water partition coefficient (Wildman–Crippen LogP) is 2.67. The molecule has 2 atom stereocenters. The van der Waals surface area contributed by atoms with Crippen molar-refractivity contribution in [1.29, 1.82) is 0 Å². The van der Waals surface area contributed by atoms with E-state index in [4.69, 9.17) is 11.6 Å². The van der Waals surface area contributed by atoms with Gasteiger partial charge in [0.25, 0.3) is 5.56 Å². The molecule has 0 radical (unpaired) electrons. The lowest BCUT2D eigenvalue weighted by Gasteiger charge is -2.37. The van der Waals surface area contributed by atoms with Crippen LogP contribution in [0, 0.1) is 0 Å². The van der Waals surface area contributed by atoms with E-state index in [0.29, 0.717) is 22.0 Å². The molecule has 0 N–H and O–H groups in total. The van der Waals surface area contributed by atoms with E-state index in [2.05, 4.69) is 23.7 Å². The molecule has 0 bridgehead atoms. The smallest absolute Gasteiger partial charge is 0.258 e. The first-order valence-corrected chi connectivity index (χ1v) is 8.51. The third-order valence-electron chi connectivity index (χ3n) is 4.06. The van der Waals surface area contributed by atoms with Gasteiger partial charge in [-0.15, -0.1) is 0 Å². The Hall–Kier alpha value is -1.04. The van der Waals surface area contributed by atoms with Crippen molar-refractivity contribution < 1.29 is 0 Å². The standard InChI is InChI=1S/C15H18ClN3OS/c1-10-11(2)21-6-5-18(10)9-13-7-15(20)19-8-12(16)3-4-14(19)17-13/h3-4,7-8,10-11H,5-6,9H2,1-2H3. The molecule has 0 saturated carbocycles. The average molecular weight is 324 g/mol. The summed E-state index contributed by atoms with van der Waals surface area (Å²) in [6.45, 7) is 6.26. The Kier molecular flexibility index (Phi) is 4.24. The molecule has 0 aliphatic carbocycles. The van der Waals surface area contributed by atoms with Crippen molar-refractivity contribution in [3.8, 4) is 0 Å². The van der Waals surface area contributed by atoms with Gasteiger partial charge in [-0.1, -0.05) is 18.5 Å². The first-order chi connectivity index (χ1) is 10.0. The fourth-order valence-corrected chi connectivity index (χ4v) is 3.96. The average Bonchev–Trinajstić information content (AvgIpc) is 2.45. The van der Waals surface area contributed by atoms with Crippen LogP contribution in [0.5, 0.6) is 0 Å². The second-order valence-electron chi connectivity index (χ2n) is 5.45. The molecule has 2 aromatic rings. The van der Waals surface area contributed by atoms with Crippen LogP contribution in [0.4, 0.5) is 0 Å². The number of hydrogen-bond acceptors (Lipinski definition) is 4. The third kappa shape index (κ3) is 3.10. The highest BCUT2D eigenvalue weighted by molar-refractivity contribution is 8.00. The van der Waals surface area contributed by atoms with Gasteiger partial charge in [0, 0.05) is 42.4 Å². The van der Waals surface area contributed by atoms with Gasteiger partial charge in [-0.25, -0.2) is 4.98 Å². The van der Waals surface area contributed by atoms with Crippen LogP contribution in [0.2, 0.25) is 5.02 Å². The van der Waals surface area contributed by atoms with Crippen LogP contribution in [0.1, 0.15) is 19.5 Å². The number of rotatable bonds is 2. The maximum Gasteiger partial charge on any atom is 0.258 e. The third-order valence-corrected chi connectivity index (χ3v) is 5.62. The van der Waals surface area contributed by atoms with Crippen LogP contribution in [-0.4, -0.2) is 37.9 Å². The maximum atomic E-state index is 12.2. The first-order valence-electron chi connectivity index (χ1n) is 7.08. The highest BCUT2D eigenvalue weighted by Crippen LogP contribution is 2.25. The largest absolute Gasteiger partial charge is 0.293 e. The van der Waals surface area contributed by atoms with Crippen LogP contribution in [0.15, 0.2) is 29.2 Å². The molecule has 1 aliphatic heterocycles. The Morgan fingerprint density at radius 3 is 3.05 bits per heavy atom. The maximum absolute atomic E-state index is 12.2. The van der Waals surface area contributed by atoms with Gasteiger partial charge in [-0.3, -0.25) is 14.1 Å². The van der Waals surface area contributed by atoms with Crippen LogP contribution in [-0.2, 0) is 6.54 Å². The number of hydrogen-bond donors (Lipinski definition) is 0. The minimum Gasteiger partial charge on any atom is -0.293 e. The van der Waals surface area contributed by atoms with Crippen molar-refractivity contribution in [3.05, 3.63) is 45.5 Å². The summed E-state index contributed by atoms with van der Waals surface area (Å²) in [5.41, 5.74) is 1.40. The molecule has 3 rings (SSSR count). The summed E-state index contributed by atoms with van der Waals surface area (Å²) >= 11 is 7.93. The van der Waals surface area contributed by atoms with E-state index in [0.717, 1.165) is 24.5 Å². The van der Waals surface area contributed by atoms with E-state index in [1.165, 1.54) is 4.40 Å². The van der Waals surface area contributed by atoms with Gasteiger partial charge in [0.2, 0.25) is 0 Å². The zero-order valence-electron chi connectivity index (χ0n) is 12.1. The van der Waals surface area contributed by atoms with Crippen LogP contribution in [0.3, 0.4) is 0 Å². The van der Waals surface area contributed by atoms with Crippen LogP contribution >= 0.6 is 23.4 Å². The van der Waals surface area contributed by atoms with Gasteiger partial charge in [0.05, 0.1) is 10.7 Å². The number of halogens is 1. The molecule has 1 fully saturated rings. The summed E-state index contributed by atoms with van der Waals surface area (Å²) in [6, 6.07) is 5.65. The minimum atomic E-state index is -0.0791. The van der Waals surface area contributed by atoms with E-state index in [-0.39, 0.29) is 5.56 Å². The summed E-state index contributed by atoms with van der Waals surface area (Å²) in [6.07, 6.45) is 1.61. The zero-order chi connectivity index (χ0) is 15.0. The molecule has 112 valence electrons. The van der Waals surface area contributed by atoms with E-state index >= 15 is 0 Å². The van der Waals surface area contributed by atoms with Gasteiger partial charge < -0.3 is 0 Å². The Bertz CT molecular complexity index is 718. The topological polar surface area (TPSA) is 37.6 Å². The molecule has 2 aromatic heterocycles. The molecule has 21 heavy (non-hydrogen) atoms. The fourth-order valence-electron chi connectivity index (χ4n) is 2.63. The lowest BCUT2D eigenvalue weighted by atomic mass is 10.2. The molecule has 2 unspecified atom stereocenters. The molecule has 4 nitrogen and oxygen atoms in total. The molecule has 6 heteroatoms. The highest BCUT2D eigenvalue weighted by Gasteiger charge is 2.25. The predicted molar refractivity (Wildman–Crippen MR) is 88.3 cm³/mol.